The fourth-order valence-corrected chi connectivity index (χ4v) is 5.83. The number of ether oxygens (including phenoxy) is 1. The summed E-state index contributed by atoms with van der Waals surface area (Å²) in [6, 6.07) is 11.9. The summed E-state index contributed by atoms with van der Waals surface area (Å²) >= 11 is 1.41. The minimum absolute atomic E-state index is 0.0721. The summed E-state index contributed by atoms with van der Waals surface area (Å²) in [6.07, 6.45) is 3.98. The average Bonchev–Trinajstić information content (AvgIpc) is 3.61. The first-order valence-corrected chi connectivity index (χ1v) is 12.3. The smallest absolute Gasteiger partial charge is 0.261 e. The fourth-order valence-electron chi connectivity index (χ4n) is 4.68. The van der Waals surface area contributed by atoms with Crippen LogP contribution in [-0.4, -0.2) is 47.5 Å². The Hall–Kier alpha value is -3.23. The van der Waals surface area contributed by atoms with Gasteiger partial charge >= 0.3 is 0 Å². The fraction of sp³-hybridized carbons (Fsp3) is 0.346. The van der Waals surface area contributed by atoms with E-state index in [0.717, 1.165) is 40.3 Å². The molecule has 0 spiro atoms. The maximum atomic E-state index is 13.3. The molecule has 5 rings (SSSR count). The lowest BCUT2D eigenvalue weighted by Gasteiger charge is -2.28. The van der Waals surface area contributed by atoms with Crippen LogP contribution in [0.4, 0.5) is 0 Å². The number of nitrogens with zero attached hydrogens (tertiary/aromatic N) is 3. The number of likely N-dealkylation sites (tertiary alicyclic amines) is 1. The lowest BCUT2D eigenvalue weighted by Crippen LogP contribution is -2.36. The molecule has 1 aliphatic heterocycles. The third kappa shape index (κ3) is 4.31. The number of amides is 1. The first-order valence-electron chi connectivity index (χ1n) is 11.5. The second-order valence-electron chi connectivity index (χ2n) is 8.59. The van der Waals surface area contributed by atoms with E-state index in [4.69, 9.17) is 9.15 Å². The van der Waals surface area contributed by atoms with Crippen molar-refractivity contribution in [3.8, 4) is 17.3 Å². The molecule has 3 aromatic heterocycles. The van der Waals surface area contributed by atoms with Crippen molar-refractivity contribution in [1.82, 2.24) is 20.2 Å². The van der Waals surface area contributed by atoms with Crippen LogP contribution >= 0.6 is 11.3 Å². The standard InChI is InChI=1S/C26H28N4O3S/c1-16-22-17(2)28-24(21-7-6-14-33-21)29-26(22)34-23(16)25(31)27-15-20(30-12-4-5-13-30)18-8-10-19(32-3)11-9-18/h6-11,14,20H,4-5,12-13,15H2,1-3H3,(H,27,31)/t20-/m1/s1. The van der Waals surface area contributed by atoms with Crippen LogP contribution in [0.2, 0.25) is 0 Å². The summed E-state index contributed by atoms with van der Waals surface area (Å²) in [4.78, 5) is 26.5. The quantitative estimate of drug-likeness (QED) is 0.398. The maximum Gasteiger partial charge on any atom is 0.261 e. The minimum Gasteiger partial charge on any atom is -0.497 e. The summed E-state index contributed by atoms with van der Waals surface area (Å²) < 4.78 is 10.8. The van der Waals surface area contributed by atoms with Crippen LogP contribution in [0.15, 0.2) is 47.1 Å². The molecule has 7 nitrogen and oxygen atoms in total. The zero-order valence-corrected chi connectivity index (χ0v) is 20.4. The molecule has 1 saturated heterocycles. The van der Waals surface area contributed by atoms with Crippen LogP contribution in [0.5, 0.6) is 5.75 Å². The van der Waals surface area contributed by atoms with Gasteiger partial charge in [-0.1, -0.05) is 12.1 Å². The molecule has 0 saturated carbocycles. The van der Waals surface area contributed by atoms with Gasteiger partial charge in [-0.3, -0.25) is 9.69 Å². The van der Waals surface area contributed by atoms with Crippen LogP contribution in [0.1, 0.15) is 45.4 Å². The van der Waals surface area contributed by atoms with E-state index in [0.29, 0.717) is 23.0 Å². The molecule has 1 N–H and O–H groups in total. The molecule has 176 valence electrons. The SMILES string of the molecule is COc1ccc([C@@H](CNC(=O)c2sc3nc(-c4ccco4)nc(C)c3c2C)N2CCCC2)cc1. The Balaban J connectivity index is 1.39. The van der Waals surface area contributed by atoms with Gasteiger partial charge in [-0.15, -0.1) is 11.3 Å². The van der Waals surface area contributed by atoms with E-state index in [2.05, 4.69) is 32.3 Å². The largest absolute Gasteiger partial charge is 0.497 e. The molecule has 1 atom stereocenters. The first kappa shape index (κ1) is 22.6. The lowest BCUT2D eigenvalue weighted by atomic mass is 10.0. The number of rotatable bonds is 7. The van der Waals surface area contributed by atoms with Crippen LogP contribution in [0.3, 0.4) is 0 Å². The number of furan rings is 1. The Labute approximate surface area is 202 Å². The van der Waals surface area contributed by atoms with Gasteiger partial charge in [-0.25, -0.2) is 9.97 Å². The minimum atomic E-state index is -0.0721. The van der Waals surface area contributed by atoms with E-state index >= 15 is 0 Å². The second kappa shape index (κ2) is 9.56. The van der Waals surface area contributed by atoms with Crippen molar-refractivity contribution in [2.75, 3.05) is 26.7 Å². The van der Waals surface area contributed by atoms with Crippen molar-refractivity contribution in [2.24, 2.45) is 0 Å². The van der Waals surface area contributed by atoms with E-state index in [1.54, 1.807) is 13.4 Å². The molecule has 0 bridgehead atoms. The number of methoxy groups -OCH3 is 1. The predicted octanol–water partition coefficient (Wildman–Crippen LogP) is 5.14. The van der Waals surface area contributed by atoms with Crippen LogP contribution in [0.25, 0.3) is 21.8 Å². The Bertz CT molecular complexity index is 1290. The predicted molar refractivity (Wildman–Crippen MR) is 133 cm³/mol. The highest BCUT2D eigenvalue weighted by molar-refractivity contribution is 7.20. The molecule has 1 amide bonds. The first-order chi connectivity index (χ1) is 16.5. The van der Waals surface area contributed by atoms with Crippen LogP contribution < -0.4 is 10.1 Å². The van der Waals surface area contributed by atoms with Gasteiger partial charge in [-0.2, -0.15) is 0 Å². The number of hydrogen-bond acceptors (Lipinski definition) is 7. The van der Waals surface area contributed by atoms with Gasteiger partial charge in [-0.05, 0) is 75.2 Å². The number of aryl methyl sites for hydroxylation is 2. The van der Waals surface area contributed by atoms with E-state index < -0.39 is 0 Å². The van der Waals surface area contributed by atoms with Gasteiger partial charge in [0.15, 0.2) is 11.6 Å². The van der Waals surface area contributed by atoms with Crippen molar-refractivity contribution < 1.29 is 13.9 Å². The maximum absolute atomic E-state index is 13.3. The van der Waals surface area contributed by atoms with Crippen molar-refractivity contribution in [2.45, 2.75) is 32.7 Å². The van der Waals surface area contributed by atoms with Gasteiger partial charge < -0.3 is 14.5 Å². The summed E-state index contributed by atoms with van der Waals surface area (Å²) in [5.74, 6) is 1.92. The number of thiophene rings is 1. The van der Waals surface area contributed by atoms with Crippen LogP contribution in [-0.2, 0) is 0 Å². The zero-order chi connectivity index (χ0) is 23.7. The monoisotopic (exact) mass is 476 g/mol. The van der Waals surface area contributed by atoms with Gasteiger partial charge in [0.25, 0.3) is 5.91 Å². The Morgan fingerprint density at radius 2 is 1.94 bits per heavy atom. The Morgan fingerprint density at radius 3 is 2.62 bits per heavy atom. The van der Waals surface area contributed by atoms with Crippen molar-refractivity contribution in [1.29, 1.82) is 0 Å². The highest BCUT2D eigenvalue weighted by Gasteiger charge is 2.26. The molecule has 1 fully saturated rings. The normalized spacial score (nSPS) is 15.0. The zero-order valence-electron chi connectivity index (χ0n) is 19.6. The second-order valence-corrected chi connectivity index (χ2v) is 9.59. The van der Waals surface area contributed by atoms with E-state index in [1.807, 2.05) is 38.1 Å². The number of benzene rings is 1. The Morgan fingerprint density at radius 1 is 1.18 bits per heavy atom. The molecule has 1 aromatic carbocycles. The van der Waals surface area contributed by atoms with Gasteiger partial charge in [0, 0.05) is 11.9 Å². The van der Waals surface area contributed by atoms with E-state index in [1.165, 1.54) is 29.7 Å². The number of aromatic nitrogens is 2. The number of carbonyl (C=O) groups is 1. The lowest BCUT2D eigenvalue weighted by molar-refractivity contribution is 0.0941. The van der Waals surface area contributed by atoms with Gasteiger partial charge in [0.05, 0.1) is 30.0 Å². The number of hydrogen-bond donors (Lipinski definition) is 1. The summed E-state index contributed by atoms with van der Waals surface area (Å²) in [5, 5.41) is 4.14. The molecule has 4 heterocycles. The van der Waals surface area contributed by atoms with Crippen LogP contribution in [0, 0.1) is 13.8 Å². The highest BCUT2D eigenvalue weighted by atomic mass is 32.1. The van der Waals surface area contributed by atoms with Crippen molar-refractivity contribution >= 4 is 27.5 Å². The third-order valence-corrected chi connectivity index (χ3v) is 7.64. The van der Waals surface area contributed by atoms with Gasteiger partial charge in [0.1, 0.15) is 10.6 Å². The summed E-state index contributed by atoms with van der Waals surface area (Å²) in [6.45, 7) is 6.54. The third-order valence-electron chi connectivity index (χ3n) is 6.46. The summed E-state index contributed by atoms with van der Waals surface area (Å²) in [7, 11) is 1.67. The molecular weight excluding hydrogens is 448 g/mol. The molecule has 8 heteroatoms. The highest BCUT2D eigenvalue weighted by Crippen LogP contribution is 2.33. The molecule has 0 aliphatic carbocycles. The number of fused-ring (bicyclic) bond motifs is 1. The average molecular weight is 477 g/mol. The molecule has 0 unspecified atom stereocenters. The Kier molecular flexibility index (Phi) is 6.34. The van der Waals surface area contributed by atoms with Crippen molar-refractivity contribution in [3.05, 3.63) is 64.4 Å². The van der Waals surface area contributed by atoms with E-state index in [-0.39, 0.29) is 11.9 Å². The van der Waals surface area contributed by atoms with E-state index in [9.17, 15) is 4.79 Å². The number of carbonyl (C=O) groups excluding carboxylic acids is 1. The molecule has 1 aliphatic rings. The molecule has 0 radical (unpaired) electrons. The van der Waals surface area contributed by atoms with Gasteiger partial charge in [0.2, 0.25) is 0 Å². The van der Waals surface area contributed by atoms with Crippen molar-refractivity contribution in [3.63, 3.8) is 0 Å². The molecule has 34 heavy (non-hydrogen) atoms. The summed E-state index contributed by atoms with van der Waals surface area (Å²) in [5.41, 5.74) is 2.95. The molecule has 4 aromatic rings. The number of nitrogens with one attached hydrogen (secondary N) is 1. The topological polar surface area (TPSA) is 80.5 Å². The molecular formula is C26H28N4O3S.